The molecule has 2 rings (SSSR count). The molecular formula is C13H25ClN2O. The van der Waals surface area contributed by atoms with Crippen molar-refractivity contribution < 1.29 is 4.79 Å². The van der Waals surface area contributed by atoms with Crippen LogP contribution in [0.5, 0.6) is 0 Å². The molecule has 3 nitrogen and oxygen atoms in total. The topological polar surface area (TPSA) is 46.3 Å². The summed E-state index contributed by atoms with van der Waals surface area (Å²) in [6.07, 6.45) is 8.05. The Kier molecular flexibility index (Phi) is 5.74. The van der Waals surface area contributed by atoms with E-state index in [2.05, 4.69) is 4.90 Å². The molecule has 2 aliphatic rings. The van der Waals surface area contributed by atoms with Crippen LogP contribution in [-0.2, 0) is 4.79 Å². The molecule has 1 saturated heterocycles. The summed E-state index contributed by atoms with van der Waals surface area (Å²) >= 11 is 0. The predicted molar refractivity (Wildman–Crippen MR) is 72.2 cm³/mol. The third kappa shape index (κ3) is 3.59. The van der Waals surface area contributed by atoms with Crippen molar-refractivity contribution in [3.05, 3.63) is 0 Å². The highest BCUT2D eigenvalue weighted by Gasteiger charge is 2.31. The van der Waals surface area contributed by atoms with Gasteiger partial charge in [-0.25, -0.2) is 0 Å². The monoisotopic (exact) mass is 260 g/mol. The molecular weight excluding hydrogens is 236 g/mol. The Balaban J connectivity index is 0.00000144. The molecule has 1 aliphatic carbocycles. The smallest absolute Gasteiger partial charge is 0.223 e. The zero-order chi connectivity index (χ0) is 11.5. The van der Waals surface area contributed by atoms with Crippen molar-refractivity contribution in [2.45, 2.75) is 64.0 Å². The first kappa shape index (κ1) is 14.8. The summed E-state index contributed by atoms with van der Waals surface area (Å²) in [4.78, 5) is 14.2. The number of nitrogens with two attached hydrogens (primary N) is 1. The van der Waals surface area contributed by atoms with E-state index in [1.54, 1.807) is 0 Å². The number of carbonyl (C=O) groups is 1. The molecule has 4 heteroatoms. The van der Waals surface area contributed by atoms with Crippen LogP contribution in [0.2, 0.25) is 0 Å². The molecule has 0 radical (unpaired) electrons. The highest BCUT2D eigenvalue weighted by molar-refractivity contribution is 5.85. The molecule has 1 amide bonds. The van der Waals surface area contributed by atoms with Crippen molar-refractivity contribution >= 4 is 18.3 Å². The maximum absolute atomic E-state index is 12.2. The van der Waals surface area contributed by atoms with E-state index in [1.807, 2.05) is 6.92 Å². The van der Waals surface area contributed by atoms with Gasteiger partial charge in [0.15, 0.2) is 0 Å². The number of amides is 1. The summed E-state index contributed by atoms with van der Waals surface area (Å²) in [5.41, 5.74) is 5.98. The minimum Gasteiger partial charge on any atom is -0.338 e. The first-order chi connectivity index (χ1) is 7.68. The van der Waals surface area contributed by atoms with E-state index in [0.717, 1.165) is 25.8 Å². The highest BCUT2D eigenvalue weighted by atomic mass is 35.5. The molecule has 100 valence electrons. The van der Waals surface area contributed by atoms with Gasteiger partial charge in [-0.05, 0) is 44.9 Å². The van der Waals surface area contributed by atoms with E-state index >= 15 is 0 Å². The molecule has 0 aromatic heterocycles. The van der Waals surface area contributed by atoms with E-state index in [4.69, 9.17) is 5.73 Å². The Hall–Kier alpha value is -0.280. The number of halogens is 1. The Bertz CT molecular complexity index is 254. The molecule has 1 aliphatic heterocycles. The van der Waals surface area contributed by atoms with Crippen molar-refractivity contribution in [2.75, 3.05) is 6.54 Å². The van der Waals surface area contributed by atoms with Crippen LogP contribution in [-0.4, -0.2) is 29.4 Å². The Labute approximate surface area is 111 Å². The number of piperidine rings is 1. The summed E-state index contributed by atoms with van der Waals surface area (Å²) in [5, 5.41) is 0. The maximum Gasteiger partial charge on any atom is 0.223 e. The Morgan fingerprint density at radius 2 is 2.00 bits per heavy atom. The van der Waals surface area contributed by atoms with Gasteiger partial charge in [-0.1, -0.05) is 6.42 Å². The molecule has 1 saturated carbocycles. The van der Waals surface area contributed by atoms with Gasteiger partial charge in [0.1, 0.15) is 0 Å². The van der Waals surface area contributed by atoms with Crippen LogP contribution in [0.15, 0.2) is 0 Å². The fourth-order valence-electron chi connectivity index (χ4n) is 2.87. The van der Waals surface area contributed by atoms with Crippen molar-refractivity contribution in [1.82, 2.24) is 4.90 Å². The largest absolute Gasteiger partial charge is 0.338 e. The first-order valence-electron chi connectivity index (χ1n) is 6.73. The van der Waals surface area contributed by atoms with E-state index in [9.17, 15) is 4.79 Å². The molecule has 2 atom stereocenters. The molecule has 2 fully saturated rings. The number of rotatable bonds is 3. The van der Waals surface area contributed by atoms with Crippen LogP contribution in [0.1, 0.15) is 51.9 Å². The lowest BCUT2D eigenvalue weighted by atomic mass is 9.82. The van der Waals surface area contributed by atoms with Crippen LogP contribution < -0.4 is 5.73 Å². The normalized spacial score (nSPS) is 26.9. The summed E-state index contributed by atoms with van der Waals surface area (Å²) < 4.78 is 0. The van der Waals surface area contributed by atoms with Gasteiger partial charge in [0.25, 0.3) is 0 Å². The zero-order valence-corrected chi connectivity index (χ0v) is 11.5. The second kappa shape index (κ2) is 6.60. The van der Waals surface area contributed by atoms with E-state index in [-0.39, 0.29) is 18.4 Å². The van der Waals surface area contributed by atoms with Gasteiger partial charge >= 0.3 is 0 Å². The summed E-state index contributed by atoms with van der Waals surface area (Å²) in [7, 11) is 0. The molecule has 0 aromatic carbocycles. The SMILES string of the molecule is CC(N)C1CCCCN1C(=O)CC1CCC1.Cl. The van der Waals surface area contributed by atoms with Crippen molar-refractivity contribution in [2.24, 2.45) is 11.7 Å². The standard InChI is InChI=1S/C13H24N2O.ClH/c1-10(14)12-7-2-3-8-15(12)13(16)9-11-5-4-6-11;/h10-12H,2-9,14H2,1H3;1H. The van der Waals surface area contributed by atoms with Crippen LogP contribution >= 0.6 is 12.4 Å². The highest BCUT2D eigenvalue weighted by Crippen LogP contribution is 2.31. The zero-order valence-electron chi connectivity index (χ0n) is 10.7. The van der Waals surface area contributed by atoms with Gasteiger partial charge in [-0.2, -0.15) is 0 Å². The van der Waals surface area contributed by atoms with Gasteiger partial charge in [0.2, 0.25) is 5.91 Å². The second-order valence-electron chi connectivity index (χ2n) is 5.51. The minimum atomic E-state index is 0. The minimum absolute atomic E-state index is 0. The van der Waals surface area contributed by atoms with Gasteiger partial charge in [0, 0.05) is 25.0 Å². The Morgan fingerprint density at radius 1 is 1.29 bits per heavy atom. The van der Waals surface area contributed by atoms with Crippen LogP contribution in [0, 0.1) is 5.92 Å². The summed E-state index contributed by atoms with van der Waals surface area (Å²) in [6, 6.07) is 0.409. The van der Waals surface area contributed by atoms with Crippen LogP contribution in [0.4, 0.5) is 0 Å². The average molecular weight is 261 g/mol. The van der Waals surface area contributed by atoms with E-state index < -0.39 is 0 Å². The number of carbonyl (C=O) groups excluding carboxylic acids is 1. The number of hydrogen-bond donors (Lipinski definition) is 1. The van der Waals surface area contributed by atoms with Gasteiger partial charge in [0.05, 0.1) is 0 Å². The quantitative estimate of drug-likeness (QED) is 0.847. The number of hydrogen-bond acceptors (Lipinski definition) is 2. The third-order valence-corrected chi connectivity index (χ3v) is 4.16. The summed E-state index contributed by atoms with van der Waals surface area (Å²) in [6.45, 7) is 2.96. The maximum atomic E-state index is 12.2. The van der Waals surface area contributed by atoms with Crippen molar-refractivity contribution in [1.29, 1.82) is 0 Å². The van der Waals surface area contributed by atoms with Gasteiger partial charge in [-0.15, -0.1) is 12.4 Å². The lowest BCUT2D eigenvalue weighted by Crippen LogP contribution is -2.52. The lowest BCUT2D eigenvalue weighted by molar-refractivity contribution is -0.137. The van der Waals surface area contributed by atoms with Gasteiger partial charge < -0.3 is 10.6 Å². The molecule has 0 aromatic rings. The average Bonchev–Trinajstić information content (AvgIpc) is 2.23. The Morgan fingerprint density at radius 3 is 2.53 bits per heavy atom. The third-order valence-electron chi connectivity index (χ3n) is 4.16. The number of likely N-dealkylation sites (tertiary alicyclic amines) is 1. The molecule has 2 unspecified atom stereocenters. The second-order valence-corrected chi connectivity index (χ2v) is 5.51. The van der Waals surface area contributed by atoms with Crippen molar-refractivity contribution in [3.63, 3.8) is 0 Å². The van der Waals surface area contributed by atoms with E-state index in [1.165, 1.54) is 25.7 Å². The lowest BCUT2D eigenvalue weighted by Gasteiger charge is -2.39. The molecule has 0 bridgehead atoms. The van der Waals surface area contributed by atoms with Crippen LogP contribution in [0.3, 0.4) is 0 Å². The number of nitrogens with zero attached hydrogens (tertiary/aromatic N) is 1. The fraction of sp³-hybridized carbons (Fsp3) is 0.923. The molecule has 0 spiro atoms. The predicted octanol–water partition coefficient (Wildman–Crippen LogP) is 2.33. The summed E-state index contributed by atoms with van der Waals surface area (Å²) in [5.74, 6) is 1.02. The molecule has 1 heterocycles. The molecule has 2 N–H and O–H groups in total. The molecule has 17 heavy (non-hydrogen) atoms. The fourth-order valence-corrected chi connectivity index (χ4v) is 2.87. The van der Waals surface area contributed by atoms with Gasteiger partial charge in [-0.3, -0.25) is 4.79 Å². The first-order valence-corrected chi connectivity index (χ1v) is 6.73. The van der Waals surface area contributed by atoms with E-state index in [0.29, 0.717) is 17.9 Å². The van der Waals surface area contributed by atoms with Crippen LogP contribution in [0.25, 0.3) is 0 Å². The van der Waals surface area contributed by atoms with Crippen molar-refractivity contribution in [3.8, 4) is 0 Å².